The molecule has 2 atom stereocenters. The number of hydrogen-bond acceptors (Lipinski definition) is 4. The first-order valence-electron chi connectivity index (χ1n) is 9.41. The predicted molar refractivity (Wildman–Crippen MR) is 101 cm³/mol. The molecular weight excluding hydrogens is 328 g/mol. The minimum absolute atomic E-state index is 0.115. The first-order chi connectivity index (χ1) is 12.7. The molecule has 0 unspecified atom stereocenters. The molecule has 2 aromatic carbocycles. The van der Waals surface area contributed by atoms with Crippen LogP contribution in [0.1, 0.15) is 32.1 Å². The number of carbonyl (C=O) groups is 2. The third-order valence-electron chi connectivity index (χ3n) is 5.65. The lowest BCUT2D eigenvalue weighted by Crippen LogP contribution is -2.50. The van der Waals surface area contributed by atoms with E-state index in [1.807, 2.05) is 42.5 Å². The molecule has 0 bridgehead atoms. The van der Waals surface area contributed by atoms with Crippen LogP contribution in [0.5, 0.6) is 0 Å². The maximum atomic E-state index is 13.1. The van der Waals surface area contributed by atoms with Gasteiger partial charge in [-0.3, -0.25) is 14.5 Å². The first kappa shape index (κ1) is 17.2. The number of anilines is 1. The average Bonchev–Trinajstić information content (AvgIpc) is 2.96. The van der Waals surface area contributed by atoms with Crippen molar-refractivity contribution in [2.24, 2.45) is 0 Å². The molecule has 0 aromatic heterocycles. The Hall–Kier alpha value is -2.24. The van der Waals surface area contributed by atoms with Crippen molar-refractivity contribution in [2.45, 2.75) is 44.2 Å². The molecular formula is C21H24N2O3. The van der Waals surface area contributed by atoms with Gasteiger partial charge in [-0.1, -0.05) is 36.8 Å². The van der Waals surface area contributed by atoms with E-state index in [9.17, 15) is 14.7 Å². The summed E-state index contributed by atoms with van der Waals surface area (Å²) in [7, 11) is 0. The van der Waals surface area contributed by atoms with Gasteiger partial charge < -0.3 is 5.11 Å². The van der Waals surface area contributed by atoms with Gasteiger partial charge in [-0.05, 0) is 48.7 Å². The fourth-order valence-electron chi connectivity index (χ4n) is 4.35. The Kier molecular flexibility index (Phi) is 4.74. The molecule has 26 heavy (non-hydrogen) atoms. The number of amides is 2. The van der Waals surface area contributed by atoms with Crippen molar-refractivity contribution in [1.29, 1.82) is 0 Å². The number of likely N-dealkylation sites (tertiary alicyclic amines) is 1. The van der Waals surface area contributed by atoms with Gasteiger partial charge in [0.1, 0.15) is 0 Å². The number of rotatable bonds is 4. The topological polar surface area (TPSA) is 60.9 Å². The largest absolute Gasteiger partial charge is 0.396 e. The molecule has 4 rings (SSSR count). The Morgan fingerprint density at radius 2 is 1.85 bits per heavy atom. The van der Waals surface area contributed by atoms with Gasteiger partial charge in [0, 0.05) is 12.6 Å². The van der Waals surface area contributed by atoms with E-state index in [2.05, 4.69) is 4.90 Å². The second-order valence-corrected chi connectivity index (χ2v) is 7.22. The minimum Gasteiger partial charge on any atom is -0.396 e. The summed E-state index contributed by atoms with van der Waals surface area (Å²) in [6.07, 6.45) is 4.02. The molecule has 136 valence electrons. The standard InChI is InChI=1S/C21H24N2O3/c24-12-10-17-7-3-4-11-22(17)19-14-20(25)23(21(19)26)18-9-8-15-5-1-2-6-16(15)13-18/h1-2,5-6,8-9,13,17,19,24H,3-4,7,10-12,14H2/t17-,19+/m1/s1. The highest BCUT2D eigenvalue weighted by Crippen LogP contribution is 2.32. The lowest BCUT2D eigenvalue weighted by molar-refractivity contribution is -0.123. The van der Waals surface area contributed by atoms with Gasteiger partial charge in [-0.25, -0.2) is 4.90 Å². The fraction of sp³-hybridized carbons (Fsp3) is 0.429. The van der Waals surface area contributed by atoms with E-state index in [4.69, 9.17) is 0 Å². The summed E-state index contributed by atoms with van der Waals surface area (Å²) >= 11 is 0. The zero-order valence-corrected chi connectivity index (χ0v) is 14.8. The molecule has 2 aliphatic heterocycles. The zero-order valence-electron chi connectivity index (χ0n) is 14.8. The Bertz CT molecular complexity index is 833. The number of aliphatic hydroxyl groups excluding tert-OH is 1. The van der Waals surface area contributed by atoms with Crippen molar-refractivity contribution in [3.8, 4) is 0 Å². The molecule has 2 amide bonds. The summed E-state index contributed by atoms with van der Waals surface area (Å²) in [6, 6.07) is 13.4. The molecule has 2 saturated heterocycles. The van der Waals surface area contributed by atoms with Gasteiger partial charge in [-0.2, -0.15) is 0 Å². The number of nitrogens with zero attached hydrogens (tertiary/aromatic N) is 2. The smallest absolute Gasteiger partial charge is 0.251 e. The quantitative estimate of drug-likeness (QED) is 0.860. The van der Waals surface area contributed by atoms with Gasteiger partial charge in [0.15, 0.2) is 0 Å². The maximum Gasteiger partial charge on any atom is 0.251 e. The molecule has 0 aliphatic carbocycles. The van der Waals surface area contributed by atoms with Crippen molar-refractivity contribution in [3.05, 3.63) is 42.5 Å². The average molecular weight is 352 g/mol. The highest BCUT2D eigenvalue weighted by molar-refractivity contribution is 6.22. The van der Waals surface area contributed by atoms with Crippen LogP contribution < -0.4 is 4.90 Å². The van der Waals surface area contributed by atoms with E-state index in [0.29, 0.717) is 12.1 Å². The van der Waals surface area contributed by atoms with Gasteiger partial charge in [0.25, 0.3) is 5.91 Å². The molecule has 5 heteroatoms. The lowest BCUT2D eigenvalue weighted by Gasteiger charge is -2.38. The second-order valence-electron chi connectivity index (χ2n) is 7.22. The van der Waals surface area contributed by atoms with E-state index in [0.717, 1.165) is 36.6 Å². The molecule has 2 aliphatic rings. The van der Waals surface area contributed by atoms with Crippen LogP contribution in [0.25, 0.3) is 10.8 Å². The van der Waals surface area contributed by atoms with E-state index in [-0.39, 0.29) is 30.9 Å². The van der Waals surface area contributed by atoms with E-state index >= 15 is 0 Å². The SMILES string of the molecule is O=C1C[C@H](N2CCCC[C@@H]2CCO)C(=O)N1c1ccc2ccccc2c1. The number of benzene rings is 2. The molecule has 5 nitrogen and oxygen atoms in total. The van der Waals surface area contributed by atoms with E-state index in [1.165, 1.54) is 4.90 Å². The Morgan fingerprint density at radius 1 is 1.04 bits per heavy atom. The van der Waals surface area contributed by atoms with Crippen molar-refractivity contribution in [1.82, 2.24) is 4.90 Å². The normalized spacial score (nSPS) is 24.6. The number of piperidine rings is 1. The Balaban J connectivity index is 1.61. The van der Waals surface area contributed by atoms with Gasteiger partial charge in [0.2, 0.25) is 5.91 Å². The lowest BCUT2D eigenvalue weighted by atomic mass is 9.97. The van der Waals surface area contributed by atoms with Crippen LogP contribution in [0.3, 0.4) is 0 Å². The van der Waals surface area contributed by atoms with Gasteiger partial charge >= 0.3 is 0 Å². The monoisotopic (exact) mass is 352 g/mol. The highest BCUT2D eigenvalue weighted by atomic mass is 16.3. The molecule has 2 fully saturated rings. The maximum absolute atomic E-state index is 13.1. The van der Waals surface area contributed by atoms with Crippen LogP contribution in [0.15, 0.2) is 42.5 Å². The number of fused-ring (bicyclic) bond motifs is 1. The molecule has 0 saturated carbocycles. The molecule has 0 radical (unpaired) electrons. The number of hydrogen-bond donors (Lipinski definition) is 1. The Morgan fingerprint density at radius 3 is 2.65 bits per heavy atom. The summed E-state index contributed by atoms with van der Waals surface area (Å²) in [5, 5.41) is 11.4. The summed E-state index contributed by atoms with van der Waals surface area (Å²) < 4.78 is 0. The summed E-state index contributed by atoms with van der Waals surface area (Å²) in [4.78, 5) is 29.3. The molecule has 1 N–H and O–H groups in total. The summed E-state index contributed by atoms with van der Waals surface area (Å²) in [5.74, 6) is -0.265. The number of imide groups is 1. The van der Waals surface area contributed by atoms with Crippen LogP contribution in [0, 0.1) is 0 Å². The van der Waals surface area contributed by atoms with Crippen molar-refractivity contribution >= 4 is 28.3 Å². The minimum atomic E-state index is -0.397. The van der Waals surface area contributed by atoms with E-state index < -0.39 is 6.04 Å². The molecule has 2 aromatic rings. The van der Waals surface area contributed by atoms with Crippen LogP contribution in [0.4, 0.5) is 5.69 Å². The van der Waals surface area contributed by atoms with Crippen LogP contribution in [0.2, 0.25) is 0 Å². The summed E-state index contributed by atoms with van der Waals surface area (Å²) in [6.45, 7) is 0.935. The number of carbonyl (C=O) groups excluding carboxylic acids is 2. The first-order valence-corrected chi connectivity index (χ1v) is 9.41. The van der Waals surface area contributed by atoms with Crippen molar-refractivity contribution in [2.75, 3.05) is 18.1 Å². The third kappa shape index (κ3) is 3.02. The fourth-order valence-corrected chi connectivity index (χ4v) is 4.35. The summed E-state index contributed by atoms with van der Waals surface area (Å²) in [5.41, 5.74) is 0.650. The van der Waals surface area contributed by atoms with Gasteiger partial charge in [-0.15, -0.1) is 0 Å². The second kappa shape index (κ2) is 7.17. The Labute approximate surface area is 153 Å². The van der Waals surface area contributed by atoms with Crippen LogP contribution in [-0.2, 0) is 9.59 Å². The predicted octanol–water partition coefficient (Wildman–Crippen LogP) is 2.71. The zero-order chi connectivity index (χ0) is 18.1. The van der Waals surface area contributed by atoms with Crippen molar-refractivity contribution < 1.29 is 14.7 Å². The van der Waals surface area contributed by atoms with Crippen LogP contribution >= 0.6 is 0 Å². The highest BCUT2D eigenvalue weighted by Gasteiger charge is 2.44. The van der Waals surface area contributed by atoms with Crippen LogP contribution in [-0.4, -0.2) is 47.1 Å². The molecule has 2 heterocycles. The molecule has 0 spiro atoms. The van der Waals surface area contributed by atoms with Gasteiger partial charge in [0.05, 0.1) is 18.2 Å². The van der Waals surface area contributed by atoms with Crippen molar-refractivity contribution in [3.63, 3.8) is 0 Å². The van der Waals surface area contributed by atoms with E-state index in [1.54, 1.807) is 0 Å². The third-order valence-corrected chi connectivity index (χ3v) is 5.65. The number of aliphatic hydroxyl groups is 1.